The molecule has 0 aliphatic carbocycles. The second kappa shape index (κ2) is 4.60. The highest BCUT2D eigenvalue weighted by Gasteiger charge is 2.34. The number of nitrogen functional groups attached to an aromatic ring is 1. The van der Waals surface area contributed by atoms with Gasteiger partial charge in [-0.05, 0) is 19.9 Å². The molecule has 0 fully saturated rings. The molecule has 1 aromatic carbocycles. The van der Waals surface area contributed by atoms with E-state index in [1.807, 2.05) is 13.8 Å². The lowest BCUT2D eigenvalue weighted by atomic mass is 10.0. The lowest BCUT2D eigenvalue weighted by Crippen LogP contribution is -2.08. The molecule has 0 saturated carbocycles. The van der Waals surface area contributed by atoms with E-state index in [2.05, 4.69) is 4.98 Å². The van der Waals surface area contributed by atoms with Gasteiger partial charge in [-0.2, -0.15) is 13.2 Å². The van der Waals surface area contributed by atoms with Crippen molar-refractivity contribution in [1.82, 2.24) is 9.55 Å². The molecular formula is C13H14F3N3. The highest BCUT2D eigenvalue weighted by Crippen LogP contribution is 2.38. The van der Waals surface area contributed by atoms with Gasteiger partial charge in [-0.15, -0.1) is 0 Å². The van der Waals surface area contributed by atoms with Gasteiger partial charge in [0, 0.05) is 11.6 Å². The molecule has 0 spiro atoms. The van der Waals surface area contributed by atoms with E-state index in [1.54, 1.807) is 10.6 Å². The van der Waals surface area contributed by atoms with Gasteiger partial charge < -0.3 is 10.3 Å². The van der Waals surface area contributed by atoms with Crippen molar-refractivity contribution in [3.63, 3.8) is 0 Å². The third-order valence-electron chi connectivity index (χ3n) is 2.88. The molecule has 2 N–H and O–H groups in total. The maximum absolute atomic E-state index is 13.0. The monoisotopic (exact) mass is 269 g/mol. The standard InChI is InChI=1S/C13H14F3N3/c1-8(2)19-7-18-11(12(19)17)9-5-3-4-6-10(9)13(14,15)16/h3-8H,17H2,1-2H3. The van der Waals surface area contributed by atoms with Crippen LogP contribution in [0.3, 0.4) is 0 Å². The Labute approximate surface area is 108 Å². The minimum Gasteiger partial charge on any atom is -0.383 e. The van der Waals surface area contributed by atoms with Crippen LogP contribution in [0.15, 0.2) is 30.6 Å². The van der Waals surface area contributed by atoms with Crippen LogP contribution in [0.4, 0.5) is 19.0 Å². The Bertz CT molecular complexity index is 585. The Morgan fingerprint density at radius 1 is 1.21 bits per heavy atom. The predicted molar refractivity (Wildman–Crippen MR) is 67.5 cm³/mol. The number of hydrogen-bond donors (Lipinski definition) is 1. The van der Waals surface area contributed by atoms with E-state index in [0.29, 0.717) is 0 Å². The molecule has 6 heteroatoms. The van der Waals surface area contributed by atoms with Crippen LogP contribution in [0.5, 0.6) is 0 Å². The Kier molecular flexibility index (Phi) is 3.26. The third-order valence-corrected chi connectivity index (χ3v) is 2.88. The first kappa shape index (κ1) is 13.5. The van der Waals surface area contributed by atoms with Crippen LogP contribution in [-0.2, 0) is 6.18 Å². The number of hydrogen-bond acceptors (Lipinski definition) is 2. The summed E-state index contributed by atoms with van der Waals surface area (Å²) in [5, 5.41) is 0. The maximum Gasteiger partial charge on any atom is 0.417 e. The summed E-state index contributed by atoms with van der Waals surface area (Å²) in [4.78, 5) is 4.02. The summed E-state index contributed by atoms with van der Waals surface area (Å²) in [6.45, 7) is 3.77. The maximum atomic E-state index is 13.0. The molecule has 19 heavy (non-hydrogen) atoms. The normalized spacial score (nSPS) is 12.1. The minimum atomic E-state index is -4.43. The molecule has 102 valence electrons. The molecule has 2 aromatic rings. The number of aromatic nitrogens is 2. The molecular weight excluding hydrogens is 255 g/mol. The Morgan fingerprint density at radius 3 is 2.37 bits per heavy atom. The summed E-state index contributed by atoms with van der Waals surface area (Å²) in [7, 11) is 0. The number of anilines is 1. The molecule has 0 radical (unpaired) electrons. The molecule has 1 heterocycles. The van der Waals surface area contributed by atoms with Crippen molar-refractivity contribution in [2.24, 2.45) is 0 Å². The van der Waals surface area contributed by atoms with Gasteiger partial charge in [0.2, 0.25) is 0 Å². The van der Waals surface area contributed by atoms with E-state index >= 15 is 0 Å². The molecule has 0 aliphatic heterocycles. The van der Waals surface area contributed by atoms with E-state index in [4.69, 9.17) is 5.73 Å². The van der Waals surface area contributed by atoms with Gasteiger partial charge in [0.15, 0.2) is 0 Å². The number of benzene rings is 1. The second-order valence-corrected chi connectivity index (χ2v) is 4.52. The first-order valence-corrected chi connectivity index (χ1v) is 5.81. The number of rotatable bonds is 2. The first-order valence-electron chi connectivity index (χ1n) is 5.81. The SMILES string of the molecule is CC(C)n1cnc(-c2ccccc2C(F)(F)F)c1N. The van der Waals surface area contributed by atoms with Crippen molar-refractivity contribution in [3.05, 3.63) is 36.2 Å². The molecule has 0 unspecified atom stereocenters. The molecule has 1 aromatic heterocycles. The summed E-state index contributed by atoms with van der Waals surface area (Å²) < 4.78 is 40.5. The lowest BCUT2D eigenvalue weighted by Gasteiger charge is -2.13. The summed E-state index contributed by atoms with van der Waals surface area (Å²) >= 11 is 0. The first-order chi connectivity index (χ1) is 8.82. The van der Waals surface area contributed by atoms with Gasteiger partial charge in [0.1, 0.15) is 11.5 Å². The zero-order chi connectivity index (χ0) is 14.2. The van der Waals surface area contributed by atoms with Gasteiger partial charge in [0.25, 0.3) is 0 Å². The molecule has 2 rings (SSSR count). The van der Waals surface area contributed by atoms with E-state index in [-0.39, 0.29) is 23.1 Å². The highest BCUT2D eigenvalue weighted by molar-refractivity contribution is 5.73. The topological polar surface area (TPSA) is 43.8 Å². The van der Waals surface area contributed by atoms with E-state index in [1.165, 1.54) is 18.5 Å². The summed E-state index contributed by atoms with van der Waals surface area (Å²) in [5.74, 6) is 0.242. The number of nitrogens with zero attached hydrogens (tertiary/aromatic N) is 2. The van der Waals surface area contributed by atoms with Gasteiger partial charge in [0.05, 0.1) is 11.9 Å². The minimum absolute atomic E-state index is 0.00639. The molecule has 3 nitrogen and oxygen atoms in total. The lowest BCUT2D eigenvalue weighted by molar-refractivity contribution is -0.137. The average molecular weight is 269 g/mol. The Hall–Kier alpha value is -1.98. The molecule has 0 aliphatic rings. The van der Waals surface area contributed by atoms with Crippen LogP contribution in [0.1, 0.15) is 25.5 Å². The van der Waals surface area contributed by atoms with Gasteiger partial charge in [-0.25, -0.2) is 4.98 Å². The zero-order valence-electron chi connectivity index (χ0n) is 10.6. The van der Waals surface area contributed by atoms with Crippen molar-refractivity contribution < 1.29 is 13.2 Å². The zero-order valence-corrected chi connectivity index (χ0v) is 10.6. The van der Waals surface area contributed by atoms with Crippen LogP contribution in [0.2, 0.25) is 0 Å². The fourth-order valence-electron chi connectivity index (χ4n) is 1.93. The van der Waals surface area contributed by atoms with Crippen LogP contribution in [0.25, 0.3) is 11.3 Å². The average Bonchev–Trinajstić information content (AvgIpc) is 2.70. The highest BCUT2D eigenvalue weighted by atomic mass is 19.4. The molecule has 0 saturated heterocycles. The summed E-state index contributed by atoms with van der Waals surface area (Å²) in [5.41, 5.74) is 5.33. The predicted octanol–water partition coefficient (Wildman–Crippen LogP) is 3.73. The fraction of sp³-hybridized carbons (Fsp3) is 0.308. The van der Waals surface area contributed by atoms with E-state index in [9.17, 15) is 13.2 Å². The van der Waals surface area contributed by atoms with Gasteiger partial charge >= 0.3 is 6.18 Å². The number of nitrogens with two attached hydrogens (primary N) is 1. The Morgan fingerprint density at radius 2 is 1.84 bits per heavy atom. The van der Waals surface area contributed by atoms with Crippen LogP contribution in [0, 0.1) is 0 Å². The van der Waals surface area contributed by atoms with E-state index in [0.717, 1.165) is 6.07 Å². The van der Waals surface area contributed by atoms with Crippen LogP contribution < -0.4 is 5.73 Å². The largest absolute Gasteiger partial charge is 0.417 e. The summed E-state index contributed by atoms with van der Waals surface area (Å²) in [6.07, 6.45) is -2.97. The second-order valence-electron chi connectivity index (χ2n) is 4.52. The molecule has 0 amide bonds. The van der Waals surface area contributed by atoms with Crippen molar-refractivity contribution in [2.75, 3.05) is 5.73 Å². The van der Waals surface area contributed by atoms with Crippen molar-refractivity contribution in [2.45, 2.75) is 26.1 Å². The number of alkyl halides is 3. The molecule has 0 atom stereocenters. The quantitative estimate of drug-likeness (QED) is 0.902. The van der Waals surface area contributed by atoms with Gasteiger partial charge in [-0.3, -0.25) is 0 Å². The van der Waals surface area contributed by atoms with Crippen molar-refractivity contribution in [1.29, 1.82) is 0 Å². The Balaban J connectivity index is 2.60. The number of imidazole rings is 1. The van der Waals surface area contributed by atoms with E-state index < -0.39 is 11.7 Å². The van der Waals surface area contributed by atoms with Crippen LogP contribution in [-0.4, -0.2) is 9.55 Å². The van der Waals surface area contributed by atoms with Crippen molar-refractivity contribution in [3.8, 4) is 11.3 Å². The van der Waals surface area contributed by atoms with Gasteiger partial charge in [-0.1, -0.05) is 18.2 Å². The van der Waals surface area contributed by atoms with Crippen LogP contribution >= 0.6 is 0 Å². The summed E-state index contributed by atoms with van der Waals surface area (Å²) in [6, 6.07) is 5.34. The number of halogens is 3. The van der Waals surface area contributed by atoms with Crippen molar-refractivity contribution >= 4 is 5.82 Å². The molecule has 0 bridgehead atoms. The third kappa shape index (κ3) is 2.43. The smallest absolute Gasteiger partial charge is 0.383 e. The fourth-order valence-corrected chi connectivity index (χ4v) is 1.93.